The van der Waals surface area contributed by atoms with Crippen LogP contribution in [0.15, 0.2) is 0 Å². The van der Waals surface area contributed by atoms with E-state index in [-0.39, 0.29) is 18.3 Å². The van der Waals surface area contributed by atoms with Gasteiger partial charge in [0, 0.05) is 0 Å². The van der Waals surface area contributed by atoms with Crippen LogP contribution in [-0.4, -0.2) is 20.2 Å². The summed E-state index contributed by atoms with van der Waals surface area (Å²) in [7, 11) is 0. The molecule has 0 aliphatic heterocycles. The molecule has 0 aromatic carbocycles. The summed E-state index contributed by atoms with van der Waals surface area (Å²) in [6.45, 7) is 0. The van der Waals surface area contributed by atoms with Gasteiger partial charge in [-0.25, -0.2) is 0 Å². The van der Waals surface area contributed by atoms with Gasteiger partial charge in [-0.05, 0) is 0 Å². The third kappa shape index (κ3) is 17.7. The van der Waals surface area contributed by atoms with Crippen molar-refractivity contribution in [2.24, 2.45) is 0 Å². The van der Waals surface area contributed by atoms with Gasteiger partial charge in [0.2, 0.25) is 0 Å². The van der Waals surface area contributed by atoms with E-state index in [0.717, 1.165) is 0 Å². The zero-order valence-corrected chi connectivity index (χ0v) is 12.5. The van der Waals surface area contributed by atoms with E-state index in [4.69, 9.17) is 3.57 Å². The average molecular weight is 388 g/mol. The van der Waals surface area contributed by atoms with Gasteiger partial charge < -0.3 is 0 Å². The molecule has 0 saturated heterocycles. The monoisotopic (exact) mass is 385 g/mol. The minimum atomic E-state index is -1.51. The van der Waals surface area contributed by atoms with Crippen LogP contribution in [0.3, 0.4) is 0 Å². The fourth-order valence-corrected chi connectivity index (χ4v) is 0. The Morgan fingerprint density at radius 3 is 1.67 bits per heavy atom. The van der Waals surface area contributed by atoms with Crippen LogP contribution in [0.25, 0.3) is 0 Å². The SMILES string of the molecule is [O]=[Zn].[O]=[Zn][Bi]=[O]. The molecule has 0 bridgehead atoms. The number of rotatable bonds is 1. The predicted molar refractivity (Wildman–Crippen MR) is 7.81 cm³/mol. The van der Waals surface area contributed by atoms with Gasteiger partial charge >= 0.3 is 61.5 Å². The molecule has 0 atom stereocenters. The molecular formula is BiO3Zn2. The van der Waals surface area contributed by atoms with E-state index < -0.39 is 33.3 Å². The molecule has 3 nitrogen and oxygen atoms in total. The molecule has 6 heavy (non-hydrogen) atoms. The van der Waals surface area contributed by atoms with Gasteiger partial charge in [0.05, 0.1) is 0 Å². The molecule has 0 N–H and O–H groups in total. The van der Waals surface area contributed by atoms with Crippen LogP contribution in [0.1, 0.15) is 0 Å². The zero-order chi connectivity index (χ0) is 5.41. The van der Waals surface area contributed by atoms with Gasteiger partial charge in [-0.15, -0.1) is 0 Å². The summed E-state index contributed by atoms with van der Waals surface area (Å²) in [5, 5.41) is 0. The van der Waals surface area contributed by atoms with Crippen molar-refractivity contribution in [2.75, 3.05) is 0 Å². The molecule has 0 radical (unpaired) electrons. The molecule has 0 aromatic rings. The molecule has 0 saturated carbocycles. The van der Waals surface area contributed by atoms with Crippen LogP contribution >= 0.6 is 0 Å². The van der Waals surface area contributed by atoms with Crippen molar-refractivity contribution in [1.82, 2.24) is 0 Å². The molecular weight excluding hydrogens is 388 g/mol. The predicted octanol–water partition coefficient (Wildman–Crippen LogP) is -0.742. The fourth-order valence-electron chi connectivity index (χ4n) is 0. The molecule has 0 amide bonds. The average Bonchev–Trinajstić information content (AvgIpc) is 1.72. The molecule has 0 aromatic heterocycles. The van der Waals surface area contributed by atoms with E-state index in [9.17, 15) is 6.39 Å². The van der Waals surface area contributed by atoms with Crippen LogP contribution < -0.4 is 0 Å². The second-order valence-electron chi connectivity index (χ2n) is 0.258. The van der Waals surface area contributed by atoms with Crippen molar-refractivity contribution < 1.29 is 41.3 Å². The Kier molecular flexibility index (Phi) is 28.0. The van der Waals surface area contributed by atoms with Crippen molar-refractivity contribution in [1.29, 1.82) is 0 Å². The van der Waals surface area contributed by atoms with Crippen molar-refractivity contribution in [3.05, 3.63) is 0 Å². The minimum absolute atomic E-state index is 0.125. The molecule has 0 aliphatic carbocycles. The summed E-state index contributed by atoms with van der Waals surface area (Å²) >= 11 is -2.85. The maximum absolute atomic E-state index is 9.25. The van der Waals surface area contributed by atoms with E-state index in [1.807, 2.05) is 0 Å². The quantitative estimate of drug-likeness (QED) is 0.557. The Hall–Kier alpha value is 1.53. The maximum atomic E-state index is 9.25. The van der Waals surface area contributed by atoms with Gasteiger partial charge in [0.1, 0.15) is 0 Å². The van der Waals surface area contributed by atoms with Crippen molar-refractivity contribution in [3.63, 3.8) is 0 Å². The van der Waals surface area contributed by atoms with E-state index in [1.54, 1.807) is 0 Å². The Balaban J connectivity index is 0. The van der Waals surface area contributed by atoms with Gasteiger partial charge in [-0.1, -0.05) is 0 Å². The second kappa shape index (κ2) is 16.0. The van der Waals surface area contributed by atoms with Crippen molar-refractivity contribution >= 4 is 20.2 Å². The molecule has 0 aliphatic rings. The van der Waals surface area contributed by atoms with Crippen LogP contribution in [-0.2, 0) is 41.3 Å². The summed E-state index contributed by atoms with van der Waals surface area (Å²) in [6.07, 6.45) is 0. The Morgan fingerprint density at radius 2 is 1.67 bits per heavy atom. The van der Waals surface area contributed by atoms with Crippen LogP contribution in [0.5, 0.6) is 0 Å². The van der Waals surface area contributed by atoms with Crippen molar-refractivity contribution in [2.45, 2.75) is 0 Å². The Morgan fingerprint density at radius 1 is 1.50 bits per heavy atom. The van der Waals surface area contributed by atoms with Gasteiger partial charge in [-0.2, -0.15) is 0 Å². The summed E-state index contributed by atoms with van der Waals surface area (Å²) in [6, 6.07) is 0. The molecule has 0 heterocycles. The van der Waals surface area contributed by atoms with Gasteiger partial charge in [-0.3, -0.25) is 0 Å². The first-order valence-corrected chi connectivity index (χ1v) is 19.0. The normalized spacial score (nSPS) is 3.67. The van der Waals surface area contributed by atoms with Crippen molar-refractivity contribution in [3.8, 4) is 0 Å². The van der Waals surface area contributed by atoms with E-state index in [1.165, 1.54) is 0 Å². The van der Waals surface area contributed by atoms with Gasteiger partial charge in [0.25, 0.3) is 0 Å². The molecule has 27 valence electrons. The molecule has 6 heteroatoms. The first-order chi connectivity index (χ1) is 2.91. The summed E-state index contributed by atoms with van der Waals surface area (Å²) in [4.78, 5) is 0. The van der Waals surface area contributed by atoms with Crippen LogP contribution in [0, 0.1) is 0 Å². The topological polar surface area (TPSA) is 51.2 Å². The van der Waals surface area contributed by atoms with E-state index in [0.29, 0.717) is 0 Å². The fraction of sp³-hybridized carbons (Fsp3) is 0. The third-order valence-electron chi connectivity index (χ3n) is 0.0527. The third-order valence-corrected chi connectivity index (χ3v) is 2.40. The standard InChI is InChI=1S/Bi.3O.2Zn. The summed E-state index contributed by atoms with van der Waals surface area (Å²) < 4.78 is 26.9. The second-order valence-corrected chi connectivity index (χ2v) is 11.8. The zero-order valence-electron chi connectivity index (χ0n) is 3.09. The van der Waals surface area contributed by atoms with Crippen LogP contribution in [0.2, 0.25) is 0 Å². The van der Waals surface area contributed by atoms with Gasteiger partial charge in [0.15, 0.2) is 0 Å². The van der Waals surface area contributed by atoms with Crippen LogP contribution in [0.4, 0.5) is 0 Å². The Labute approximate surface area is 60.7 Å². The summed E-state index contributed by atoms with van der Waals surface area (Å²) in [5.74, 6) is 0. The molecule has 0 rings (SSSR count). The van der Waals surface area contributed by atoms with E-state index >= 15 is 0 Å². The summed E-state index contributed by atoms with van der Waals surface area (Å²) in [5.41, 5.74) is 0. The molecule has 0 spiro atoms. The number of hydrogen-bond donors (Lipinski definition) is 0. The molecule has 0 unspecified atom stereocenters. The first-order valence-electron chi connectivity index (χ1n) is 1.08. The molecule has 0 fully saturated rings. The first kappa shape index (κ1) is 10.5. The van der Waals surface area contributed by atoms with E-state index in [2.05, 4.69) is 0 Å². The number of hydrogen-bond acceptors (Lipinski definition) is 3. The Bertz CT molecular complexity index is 38.1.